The number of guanidine groups is 1. The first-order valence-corrected chi connectivity index (χ1v) is 9.06. The summed E-state index contributed by atoms with van der Waals surface area (Å²) in [5.74, 6) is 0.883. The minimum Gasteiger partial charge on any atom is -0.356 e. The van der Waals surface area contributed by atoms with Gasteiger partial charge in [-0.05, 0) is 24.1 Å². The van der Waals surface area contributed by atoms with Gasteiger partial charge in [0.05, 0.1) is 5.75 Å². The van der Waals surface area contributed by atoms with Crippen LogP contribution < -0.4 is 10.6 Å². The van der Waals surface area contributed by atoms with E-state index in [1.807, 2.05) is 24.3 Å². The van der Waals surface area contributed by atoms with Gasteiger partial charge in [-0.3, -0.25) is 4.99 Å². The molecule has 0 fully saturated rings. The summed E-state index contributed by atoms with van der Waals surface area (Å²) in [7, 11) is -1.29. The Morgan fingerprint density at radius 1 is 1.19 bits per heavy atom. The number of hydrogen-bond donors (Lipinski definition) is 2. The van der Waals surface area contributed by atoms with Crippen LogP contribution in [0.5, 0.6) is 0 Å². The van der Waals surface area contributed by atoms with Gasteiger partial charge < -0.3 is 10.6 Å². The van der Waals surface area contributed by atoms with Crippen LogP contribution >= 0.6 is 11.6 Å². The van der Waals surface area contributed by atoms with Crippen LogP contribution in [0.4, 0.5) is 0 Å². The third-order valence-electron chi connectivity index (χ3n) is 2.99. The third-order valence-corrected chi connectivity index (χ3v) is 4.95. The maximum absolute atomic E-state index is 11.4. The summed E-state index contributed by atoms with van der Waals surface area (Å²) in [6, 6.07) is 7.68. The molecule has 0 heterocycles. The van der Waals surface area contributed by atoms with Gasteiger partial charge in [0.2, 0.25) is 0 Å². The number of sulfone groups is 1. The van der Waals surface area contributed by atoms with Crippen molar-refractivity contribution in [2.45, 2.75) is 13.3 Å². The lowest BCUT2D eigenvalue weighted by Gasteiger charge is -2.11. The van der Waals surface area contributed by atoms with Crippen LogP contribution in [-0.4, -0.2) is 46.0 Å². The first kappa shape index (κ1) is 17.8. The van der Waals surface area contributed by atoms with Crippen LogP contribution in [0.3, 0.4) is 0 Å². The number of halogens is 1. The van der Waals surface area contributed by atoms with E-state index < -0.39 is 9.84 Å². The Morgan fingerprint density at radius 3 is 2.38 bits per heavy atom. The Hall–Kier alpha value is -1.27. The molecule has 1 rings (SSSR count). The molecule has 0 atom stereocenters. The Bertz CT molecular complexity index is 556. The average molecular weight is 332 g/mol. The van der Waals surface area contributed by atoms with Crippen molar-refractivity contribution < 1.29 is 8.42 Å². The fraction of sp³-hybridized carbons (Fsp3) is 0.500. The molecule has 0 aliphatic heterocycles. The Balaban J connectivity index is 2.30. The van der Waals surface area contributed by atoms with Crippen molar-refractivity contribution in [1.29, 1.82) is 0 Å². The fourth-order valence-corrected chi connectivity index (χ4v) is 2.49. The molecule has 0 spiro atoms. The topological polar surface area (TPSA) is 70.6 Å². The molecule has 21 heavy (non-hydrogen) atoms. The van der Waals surface area contributed by atoms with Crippen molar-refractivity contribution in [3.05, 3.63) is 34.9 Å². The molecule has 1 aromatic rings. The zero-order valence-electron chi connectivity index (χ0n) is 12.4. The molecule has 0 amide bonds. The van der Waals surface area contributed by atoms with E-state index in [0.29, 0.717) is 19.0 Å². The molecule has 5 nitrogen and oxygen atoms in total. The number of aliphatic imine (C=N–C) groups is 1. The summed E-state index contributed by atoms with van der Waals surface area (Å²) >= 11 is 5.83. The monoisotopic (exact) mass is 331 g/mol. The largest absolute Gasteiger partial charge is 0.356 e. The van der Waals surface area contributed by atoms with Gasteiger partial charge in [-0.25, -0.2) is 8.42 Å². The SMILES string of the molecule is CCS(=O)(=O)CCNC(=NC)NCCc1ccc(Cl)cc1. The molecule has 0 bridgehead atoms. The van der Waals surface area contributed by atoms with Crippen molar-refractivity contribution in [3.63, 3.8) is 0 Å². The first-order valence-electron chi connectivity index (χ1n) is 6.86. The van der Waals surface area contributed by atoms with Gasteiger partial charge in [0.25, 0.3) is 0 Å². The van der Waals surface area contributed by atoms with Crippen molar-refractivity contribution >= 4 is 27.4 Å². The number of nitrogens with zero attached hydrogens (tertiary/aromatic N) is 1. The van der Waals surface area contributed by atoms with Gasteiger partial charge >= 0.3 is 0 Å². The highest BCUT2D eigenvalue weighted by Gasteiger charge is 2.07. The lowest BCUT2D eigenvalue weighted by atomic mass is 10.1. The highest BCUT2D eigenvalue weighted by Crippen LogP contribution is 2.09. The van der Waals surface area contributed by atoms with Gasteiger partial charge in [0.1, 0.15) is 0 Å². The molecule has 7 heteroatoms. The molecule has 0 aromatic heterocycles. The van der Waals surface area contributed by atoms with Gasteiger partial charge in [-0.15, -0.1) is 0 Å². The van der Waals surface area contributed by atoms with Crippen molar-refractivity contribution in [2.75, 3.05) is 31.6 Å². The van der Waals surface area contributed by atoms with Crippen LogP contribution in [0.15, 0.2) is 29.3 Å². The number of benzene rings is 1. The molecule has 0 radical (unpaired) electrons. The lowest BCUT2D eigenvalue weighted by molar-refractivity contribution is 0.595. The normalized spacial score (nSPS) is 12.2. The summed E-state index contributed by atoms with van der Waals surface area (Å²) in [4.78, 5) is 4.06. The van der Waals surface area contributed by atoms with E-state index in [-0.39, 0.29) is 11.5 Å². The zero-order chi connectivity index (χ0) is 15.7. The van der Waals surface area contributed by atoms with Gasteiger partial charge in [-0.2, -0.15) is 0 Å². The van der Waals surface area contributed by atoms with Crippen LogP contribution in [-0.2, 0) is 16.3 Å². The fourth-order valence-electron chi connectivity index (χ4n) is 1.67. The number of hydrogen-bond acceptors (Lipinski definition) is 3. The summed E-state index contributed by atoms with van der Waals surface area (Å²) in [6.07, 6.45) is 0.838. The molecule has 0 aliphatic rings. The summed E-state index contributed by atoms with van der Waals surface area (Å²) < 4.78 is 22.8. The third kappa shape index (κ3) is 7.34. The molecule has 2 N–H and O–H groups in total. The standard InChI is InChI=1S/C14H22ClN3O2S/c1-3-21(19,20)11-10-18-14(16-2)17-9-8-12-4-6-13(15)7-5-12/h4-7H,3,8-11H2,1-2H3,(H2,16,17,18). The average Bonchev–Trinajstić information content (AvgIpc) is 2.47. The van der Waals surface area contributed by atoms with E-state index in [0.717, 1.165) is 11.4 Å². The second kappa shape index (κ2) is 8.89. The van der Waals surface area contributed by atoms with E-state index in [1.54, 1.807) is 14.0 Å². The molecule has 0 aliphatic carbocycles. The highest BCUT2D eigenvalue weighted by molar-refractivity contribution is 7.91. The molecule has 0 saturated carbocycles. The van der Waals surface area contributed by atoms with Crippen LogP contribution in [0, 0.1) is 0 Å². The first-order chi connectivity index (χ1) is 9.96. The van der Waals surface area contributed by atoms with Gasteiger partial charge in [-0.1, -0.05) is 30.7 Å². The maximum Gasteiger partial charge on any atom is 0.191 e. The van der Waals surface area contributed by atoms with E-state index >= 15 is 0 Å². The smallest absolute Gasteiger partial charge is 0.191 e. The highest BCUT2D eigenvalue weighted by atomic mass is 35.5. The van der Waals surface area contributed by atoms with Crippen LogP contribution in [0.1, 0.15) is 12.5 Å². The van der Waals surface area contributed by atoms with Gasteiger partial charge in [0, 0.05) is 30.9 Å². The van der Waals surface area contributed by atoms with Crippen molar-refractivity contribution in [2.24, 2.45) is 4.99 Å². The molecule has 118 valence electrons. The lowest BCUT2D eigenvalue weighted by Crippen LogP contribution is -2.40. The zero-order valence-corrected chi connectivity index (χ0v) is 14.0. The Labute approximate surface area is 131 Å². The molecular weight excluding hydrogens is 310 g/mol. The minimum atomic E-state index is -2.95. The minimum absolute atomic E-state index is 0.112. The molecule has 0 saturated heterocycles. The van der Waals surface area contributed by atoms with E-state index in [1.165, 1.54) is 5.56 Å². The number of rotatable bonds is 7. The van der Waals surface area contributed by atoms with Crippen LogP contribution in [0.2, 0.25) is 5.02 Å². The summed E-state index contributed by atoms with van der Waals surface area (Å²) in [6.45, 7) is 2.72. The van der Waals surface area contributed by atoms with Crippen molar-refractivity contribution in [3.8, 4) is 0 Å². The predicted octanol–water partition coefficient (Wildman–Crippen LogP) is 1.48. The Kier molecular flexibility index (Phi) is 7.53. The second-order valence-corrected chi connectivity index (χ2v) is 7.45. The summed E-state index contributed by atoms with van der Waals surface area (Å²) in [5.41, 5.74) is 1.18. The summed E-state index contributed by atoms with van der Waals surface area (Å²) in [5, 5.41) is 6.87. The van der Waals surface area contributed by atoms with E-state index in [9.17, 15) is 8.42 Å². The molecule has 0 unspecified atom stereocenters. The quantitative estimate of drug-likeness (QED) is 0.586. The Morgan fingerprint density at radius 2 is 1.81 bits per heavy atom. The maximum atomic E-state index is 11.4. The molecular formula is C14H22ClN3O2S. The molecule has 1 aromatic carbocycles. The predicted molar refractivity (Wildman–Crippen MR) is 88.8 cm³/mol. The van der Waals surface area contributed by atoms with E-state index in [2.05, 4.69) is 15.6 Å². The van der Waals surface area contributed by atoms with Crippen molar-refractivity contribution in [1.82, 2.24) is 10.6 Å². The number of nitrogens with one attached hydrogen (secondary N) is 2. The van der Waals surface area contributed by atoms with E-state index in [4.69, 9.17) is 11.6 Å². The second-order valence-electron chi connectivity index (χ2n) is 4.54. The van der Waals surface area contributed by atoms with Crippen LogP contribution in [0.25, 0.3) is 0 Å². The van der Waals surface area contributed by atoms with Gasteiger partial charge in [0.15, 0.2) is 15.8 Å².